The molecule has 0 bridgehead atoms. The molecule has 1 N–H and O–H groups in total. The molecule has 1 aromatic heterocycles. The summed E-state index contributed by atoms with van der Waals surface area (Å²) in [4.78, 5) is 24.8. The second-order valence-corrected chi connectivity index (χ2v) is 8.95. The first-order valence-electron chi connectivity index (χ1n) is 9.56. The minimum Gasteiger partial charge on any atom is -0.454 e. The standard InChI is InChI=1S/C21H28N2O5S/c1-6-11-23-15(4)12-19(16(23)5)20(24)13-28-21(25)17-7-9-18(10-8-17)29(26,27)22-14(2)3/h7-10,12,14,22H,6,11,13H2,1-5H3. The van der Waals surface area contributed by atoms with Gasteiger partial charge < -0.3 is 9.30 Å². The minimum absolute atomic E-state index is 0.0576. The Morgan fingerprint density at radius 2 is 1.76 bits per heavy atom. The lowest BCUT2D eigenvalue weighted by molar-refractivity contribution is 0.0474. The highest BCUT2D eigenvalue weighted by atomic mass is 32.2. The number of ether oxygens (including phenoxy) is 1. The van der Waals surface area contributed by atoms with Crippen LogP contribution < -0.4 is 4.72 Å². The van der Waals surface area contributed by atoms with Crippen molar-refractivity contribution in [2.45, 2.75) is 58.5 Å². The summed E-state index contributed by atoms with van der Waals surface area (Å²) in [5.74, 6) is -0.949. The molecule has 0 aliphatic carbocycles. The first-order chi connectivity index (χ1) is 13.6. The molecule has 0 spiro atoms. The van der Waals surface area contributed by atoms with Crippen molar-refractivity contribution in [3.8, 4) is 0 Å². The van der Waals surface area contributed by atoms with E-state index in [0.29, 0.717) is 5.56 Å². The number of rotatable bonds is 9. The van der Waals surface area contributed by atoms with Crippen molar-refractivity contribution in [1.82, 2.24) is 9.29 Å². The fourth-order valence-corrected chi connectivity index (χ4v) is 4.34. The van der Waals surface area contributed by atoms with E-state index < -0.39 is 16.0 Å². The first kappa shape index (κ1) is 22.8. The van der Waals surface area contributed by atoms with E-state index in [1.54, 1.807) is 13.8 Å². The zero-order valence-electron chi connectivity index (χ0n) is 17.5. The third-order valence-electron chi connectivity index (χ3n) is 4.45. The molecule has 0 amide bonds. The predicted molar refractivity (Wildman–Crippen MR) is 111 cm³/mol. The molecule has 0 unspecified atom stereocenters. The molecular weight excluding hydrogens is 392 g/mol. The van der Waals surface area contributed by atoms with Crippen LogP contribution in [0.3, 0.4) is 0 Å². The van der Waals surface area contributed by atoms with Gasteiger partial charge >= 0.3 is 5.97 Å². The van der Waals surface area contributed by atoms with Gasteiger partial charge in [-0.3, -0.25) is 4.79 Å². The van der Waals surface area contributed by atoms with Crippen molar-refractivity contribution in [1.29, 1.82) is 0 Å². The van der Waals surface area contributed by atoms with Gasteiger partial charge in [0, 0.05) is 29.5 Å². The van der Waals surface area contributed by atoms with Crippen LogP contribution in [0.4, 0.5) is 0 Å². The normalized spacial score (nSPS) is 11.7. The molecule has 1 heterocycles. The SMILES string of the molecule is CCCn1c(C)cc(C(=O)COC(=O)c2ccc(S(=O)(=O)NC(C)C)cc2)c1C. The number of nitrogens with zero attached hydrogens (tertiary/aromatic N) is 1. The average Bonchev–Trinajstić information content (AvgIpc) is 2.93. The molecular formula is C21H28N2O5S. The largest absolute Gasteiger partial charge is 0.454 e. The molecule has 1 aromatic carbocycles. The van der Waals surface area contributed by atoms with E-state index in [4.69, 9.17) is 4.74 Å². The quantitative estimate of drug-likeness (QED) is 0.496. The van der Waals surface area contributed by atoms with Crippen LogP contribution in [0.15, 0.2) is 35.2 Å². The van der Waals surface area contributed by atoms with E-state index in [-0.39, 0.29) is 28.9 Å². The van der Waals surface area contributed by atoms with Gasteiger partial charge in [-0.1, -0.05) is 6.92 Å². The van der Waals surface area contributed by atoms with Crippen LogP contribution in [0.2, 0.25) is 0 Å². The van der Waals surface area contributed by atoms with E-state index in [1.165, 1.54) is 24.3 Å². The van der Waals surface area contributed by atoms with Crippen LogP contribution in [0.25, 0.3) is 0 Å². The molecule has 0 aliphatic rings. The van der Waals surface area contributed by atoms with Gasteiger partial charge in [-0.05, 0) is 64.4 Å². The number of aryl methyl sites for hydroxylation is 1. The summed E-state index contributed by atoms with van der Waals surface area (Å²) in [6.45, 7) is 9.78. The van der Waals surface area contributed by atoms with Gasteiger partial charge in [0.05, 0.1) is 10.5 Å². The van der Waals surface area contributed by atoms with Gasteiger partial charge in [0.1, 0.15) is 0 Å². The fourth-order valence-electron chi connectivity index (χ4n) is 3.09. The lowest BCUT2D eigenvalue weighted by Gasteiger charge is -2.10. The molecule has 2 rings (SSSR count). The molecule has 2 aromatic rings. The molecule has 29 heavy (non-hydrogen) atoms. The molecule has 0 atom stereocenters. The average molecular weight is 421 g/mol. The number of aromatic nitrogens is 1. The maximum absolute atomic E-state index is 12.5. The number of carbonyl (C=O) groups is 2. The van der Waals surface area contributed by atoms with Crippen LogP contribution in [-0.4, -0.2) is 37.4 Å². The van der Waals surface area contributed by atoms with Crippen LogP contribution in [0, 0.1) is 13.8 Å². The number of sulfonamides is 1. The third kappa shape index (κ3) is 5.55. The zero-order valence-corrected chi connectivity index (χ0v) is 18.3. The topological polar surface area (TPSA) is 94.5 Å². The fraction of sp³-hybridized carbons (Fsp3) is 0.429. The van der Waals surface area contributed by atoms with Crippen molar-refractivity contribution in [2.75, 3.05) is 6.61 Å². The summed E-state index contributed by atoms with van der Waals surface area (Å²) in [6.07, 6.45) is 0.956. The summed E-state index contributed by atoms with van der Waals surface area (Å²) in [7, 11) is -3.63. The number of nitrogens with one attached hydrogen (secondary N) is 1. The second kappa shape index (κ2) is 9.37. The van der Waals surface area contributed by atoms with Gasteiger partial charge in [0.15, 0.2) is 6.61 Å². The number of esters is 1. The third-order valence-corrected chi connectivity index (χ3v) is 6.12. The number of ketones is 1. The van der Waals surface area contributed by atoms with Crippen LogP contribution >= 0.6 is 0 Å². The van der Waals surface area contributed by atoms with E-state index in [0.717, 1.165) is 24.4 Å². The van der Waals surface area contributed by atoms with Crippen molar-refractivity contribution in [3.05, 3.63) is 52.8 Å². The molecule has 0 saturated carbocycles. The van der Waals surface area contributed by atoms with Crippen LogP contribution in [-0.2, 0) is 21.3 Å². The van der Waals surface area contributed by atoms with Gasteiger partial charge in [0.2, 0.25) is 15.8 Å². The Morgan fingerprint density at radius 3 is 2.31 bits per heavy atom. The number of Topliss-reactive ketones (excluding diaryl/α,β-unsaturated/α-hetero) is 1. The van der Waals surface area contributed by atoms with Gasteiger partial charge in [0.25, 0.3) is 0 Å². The Labute approximate surface area is 172 Å². The lowest BCUT2D eigenvalue weighted by Crippen LogP contribution is -2.30. The molecule has 158 valence electrons. The monoisotopic (exact) mass is 420 g/mol. The number of benzene rings is 1. The van der Waals surface area contributed by atoms with Gasteiger partial charge in [-0.15, -0.1) is 0 Å². The highest BCUT2D eigenvalue weighted by molar-refractivity contribution is 7.89. The second-order valence-electron chi connectivity index (χ2n) is 7.24. The Hall–Kier alpha value is -2.45. The summed E-state index contributed by atoms with van der Waals surface area (Å²) < 4.78 is 33.9. The van der Waals surface area contributed by atoms with Crippen LogP contribution in [0.5, 0.6) is 0 Å². The molecule has 0 aliphatic heterocycles. The highest BCUT2D eigenvalue weighted by Crippen LogP contribution is 2.17. The summed E-state index contributed by atoms with van der Waals surface area (Å²) in [5, 5.41) is 0. The smallest absolute Gasteiger partial charge is 0.338 e. The molecule has 8 heteroatoms. The summed E-state index contributed by atoms with van der Waals surface area (Å²) >= 11 is 0. The summed E-state index contributed by atoms with van der Waals surface area (Å²) in [5.41, 5.74) is 2.58. The Kier molecular flexibility index (Phi) is 7.37. The van der Waals surface area contributed by atoms with Gasteiger partial charge in [-0.25, -0.2) is 17.9 Å². The first-order valence-corrected chi connectivity index (χ1v) is 11.0. The molecule has 7 nitrogen and oxygen atoms in total. The number of hydrogen-bond donors (Lipinski definition) is 1. The van der Waals surface area contributed by atoms with Gasteiger partial charge in [-0.2, -0.15) is 0 Å². The lowest BCUT2D eigenvalue weighted by atomic mass is 10.1. The van der Waals surface area contributed by atoms with E-state index >= 15 is 0 Å². The van der Waals surface area contributed by atoms with Crippen LogP contribution in [0.1, 0.15) is 59.3 Å². The maximum Gasteiger partial charge on any atom is 0.338 e. The van der Waals surface area contributed by atoms with Crippen molar-refractivity contribution in [3.63, 3.8) is 0 Å². The molecule has 0 saturated heterocycles. The van der Waals surface area contributed by atoms with E-state index in [2.05, 4.69) is 16.2 Å². The van der Waals surface area contributed by atoms with Crippen molar-refractivity contribution in [2.24, 2.45) is 0 Å². The summed E-state index contributed by atoms with van der Waals surface area (Å²) in [6, 6.07) is 6.98. The predicted octanol–water partition coefficient (Wildman–Crippen LogP) is 3.24. The van der Waals surface area contributed by atoms with E-state index in [1.807, 2.05) is 19.9 Å². The highest BCUT2D eigenvalue weighted by Gasteiger charge is 2.19. The Morgan fingerprint density at radius 1 is 1.14 bits per heavy atom. The minimum atomic E-state index is -3.63. The zero-order chi connectivity index (χ0) is 21.8. The Bertz CT molecular complexity index is 989. The molecule has 0 fully saturated rings. The maximum atomic E-state index is 12.5. The van der Waals surface area contributed by atoms with Crippen molar-refractivity contribution < 1.29 is 22.7 Å². The molecule has 0 radical (unpaired) electrons. The van der Waals surface area contributed by atoms with E-state index in [9.17, 15) is 18.0 Å². The number of carbonyl (C=O) groups excluding carboxylic acids is 2. The Balaban J connectivity index is 2.04. The number of hydrogen-bond acceptors (Lipinski definition) is 5. The van der Waals surface area contributed by atoms with Crippen molar-refractivity contribution >= 4 is 21.8 Å².